The monoisotopic (exact) mass is 377 g/mol. The summed E-state index contributed by atoms with van der Waals surface area (Å²) in [7, 11) is 3.25. The maximum Gasteiger partial charge on any atom is 0.166 e. The number of benzene rings is 3. The van der Waals surface area contributed by atoms with E-state index >= 15 is 0 Å². The van der Waals surface area contributed by atoms with Crippen molar-refractivity contribution in [2.24, 2.45) is 0 Å². The number of rotatable bonds is 5. The number of thiazole rings is 1. The molecule has 136 valence electrons. The van der Waals surface area contributed by atoms with E-state index < -0.39 is 5.60 Å². The lowest BCUT2D eigenvalue weighted by molar-refractivity contribution is 0.125. The number of hydrogen-bond donors (Lipinski definition) is 1. The van der Waals surface area contributed by atoms with E-state index in [1.54, 1.807) is 14.2 Å². The summed E-state index contributed by atoms with van der Waals surface area (Å²) in [5, 5.41) is 12.5. The summed E-state index contributed by atoms with van der Waals surface area (Å²) in [6, 6.07) is 22.8. The summed E-state index contributed by atoms with van der Waals surface area (Å²) < 4.78 is 11.6. The second-order valence-electron chi connectivity index (χ2n) is 6.15. The molecule has 0 amide bonds. The molecule has 1 aromatic heterocycles. The maximum atomic E-state index is 11.9. The van der Waals surface area contributed by atoms with Gasteiger partial charge in [0, 0.05) is 0 Å². The zero-order chi connectivity index (χ0) is 18.9. The van der Waals surface area contributed by atoms with Crippen LogP contribution in [0, 0.1) is 0 Å². The van der Waals surface area contributed by atoms with Gasteiger partial charge in [-0.05, 0) is 47.5 Å². The predicted octanol–water partition coefficient (Wildman–Crippen LogP) is 4.60. The van der Waals surface area contributed by atoms with Gasteiger partial charge in [-0.3, -0.25) is 0 Å². The first-order valence-corrected chi connectivity index (χ1v) is 9.34. The Bertz CT molecular complexity index is 975. The topological polar surface area (TPSA) is 51.6 Å². The molecule has 0 fully saturated rings. The van der Waals surface area contributed by atoms with Crippen molar-refractivity contribution < 1.29 is 14.6 Å². The number of para-hydroxylation sites is 1. The molecular formula is C22H19NO3S. The van der Waals surface area contributed by atoms with E-state index in [0.717, 1.165) is 32.8 Å². The summed E-state index contributed by atoms with van der Waals surface area (Å²) in [5.74, 6) is 1.47. The smallest absolute Gasteiger partial charge is 0.166 e. The molecule has 4 aromatic rings. The molecule has 3 aromatic carbocycles. The van der Waals surface area contributed by atoms with Gasteiger partial charge in [-0.25, -0.2) is 4.98 Å². The number of methoxy groups -OCH3 is 2. The summed E-state index contributed by atoms with van der Waals surface area (Å²) in [4.78, 5) is 4.73. The lowest BCUT2D eigenvalue weighted by Gasteiger charge is -2.27. The molecule has 0 bridgehead atoms. The summed E-state index contributed by atoms with van der Waals surface area (Å²) in [6.07, 6.45) is 0. The number of nitrogens with zero attached hydrogens (tertiary/aromatic N) is 1. The molecule has 0 unspecified atom stereocenters. The van der Waals surface area contributed by atoms with Crippen LogP contribution in [0.4, 0.5) is 0 Å². The first-order chi connectivity index (χ1) is 13.1. The third-order valence-electron chi connectivity index (χ3n) is 4.62. The summed E-state index contributed by atoms with van der Waals surface area (Å²) >= 11 is 1.49. The van der Waals surface area contributed by atoms with Crippen LogP contribution in [0.25, 0.3) is 10.2 Å². The molecule has 0 radical (unpaired) electrons. The highest BCUT2D eigenvalue weighted by Gasteiger charge is 2.37. The van der Waals surface area contributed by atoms with Crippen LogP contribution in [0.5, 0.6) is 11.5 Å². The summed E-state index contributed by atoms with van der Waals surface area (Å²) in [6.45, 7) is 0. The SMILES string of the molecule is COc1ccc(C(O)(c2ccc(OC)cc2)c2nc3ccccc3s2)cc1. The Labute approximate surface area is 161 Å². The standard InChI is InChI=1S/C22H19NO3S/c1-25-17-11-7-15(8-12-17)22(24,16-9-13-18(26-2)14-10-16)21-23-19-5-3-4-6-20(19)27-21/h3-14,24H,1-2H3. The van der Waals surface area contributed by atoms with E-state index in [2.05, 4.69) is 0 Å². The van der Waals surface area contributed by atoms with Crippen LogP contribution in [-0.4, -0.2) is 24.3 Å². The molecule has 0 aliphatic rings. The highest BCUT2D eigenvalue weighted by molar-refractivity contribution is 7.18. The average molecular weight is 377 g/mol. The Balaban J connectivity index is 1.92. The maximum absolute atomic E-state index is 11.9. The van der Waals surface area contributed by atoms with Crippen LogP contribution in [-0.2, 0) is 5.60 Å². The van der Waals surface area contributed by atoms with Crippen molar-refractivity contribution in [2.75, 3.05) is 14.2 Å². The van der Waals surface area contributed by atoms with Crippen LogP contribution in [0.15, 0.2) is 72.8 Å². The zero-order valence-electron chi connectivity index (χ0n) is 15.0. The quantitative estimate of drug-likeness (QED) is 0.552. The van der Waals surface area contributed by atoms with Gasteiger partial charge >= 0.3 is 0 Å². The molecule has 0 spiro atoms. The molecule has 4 rings (SSSR count). The third kappa shape index (κ3) is 3.05. The molecule has 27 heavy (non-hydrogen) atoms. The van der Waals surface area contributed by atoms with Crippen LogP contribution in [0.3, 0.4) is 0 Å². The lowest BCUT2D eigenvalue weighted by atomic mass is 9.86. The number of ether oxygens (including phenoxy) is 2. The Morgan fingerprint density at radius 1 is 0.778 bits per heavy atom. The number of aliphatic hydroxyl groups is 1. The Morgan fingerprint density at radius 2 is 1.30 bits per heavy atom. The fraction of sp³-hybridized carbons (Fsp3) is 0.136. The van der Waals surface area contributed by atoms with Crippen molar-refractivity contribution >= 4 is 21.6 Å². The number of fused-ring (bicyclic) bond motifs is 1. The fourth-order valence-corrected chi connectivity index (χ4v) is 4.21. The highest BCUT2D eigenvalue weighted by atomic mass is 32.1. The molecule has 4 nitrogen and oxygen atoms in total. The van der Waals surface area contributed by atoms with Gasteiger partial charge in [-0.1, -0.05) is 36.4 Å². The molecule has 1 heterocycles. The van der Waals surface area contributed by atoms with Crippen LogP contribution in [0.1, 0.15) is 16.1 Å². The Kier molecular flexibility index (Phi) is 4.56. The normalized spacial score (nSPS) is 11.5. The molecule has 5 heteroatoms. The second-order valence-corrected chi connectivity index (χ2v) is 7.18. The largest absolute Gasteiger partial charge is 0.497 e. The van der Waals surface area contributed by atoms with Gasteiger partial charge in [-0.2, -0.15) is 0 Å². The Hall–Kier alpha value is -2.89. The third-order valence-corrected chi connectivity index (χ3v) is 5.76. The highest BCUT2D eigenvalue weighted by Crippen LogP contribution is 2.41. The molecular weight excluding hydrogens is 358 g/mol. The minimum atomic E-state index is -1.37. The molecule has 0 saturated carbocycles. The number of hydrogen-bond acceptors (Lipinski definition) is 5. The summed E-state index contributed by atoms with van der Waals surface area (Å²) in [5.41, 5.74) is 0.959. The Morgan fingerprint density at radius 3 is 1.78 bits per heavy atom. The molecule has 0 atom stereocenters. The average Bonchev–Trinajstić information content (AvgIpc) is 3.18. The van der Waals surface area contributed by atoms with Crippen molar-refractivity contribution in [3.63, 3.8) is 0 Å². The van der Waals surface area contributed by atoms with E-state index in [9.17, 15) is 5.11 Å². The van der Waals surface area contributed by atoms with Crippen LogP contribution < -0.4 is 9.47 Å². The van der Waals surface area contributed by atoms with Gasteiger partial charge in [0.2, 0.25) is 0 Å². The van der Waals surface area contributed by atoms with E-state index in [1.807, 2.05) is 72.8 Å². The van der Waals surface area contributed by atoms with Gasteiger partial charge in [0.15, 0.2) is 5.60 Å². The first-order valence-electron chi connectivity index (χ1n) is 8.52. The molecule has 1 N–H and O–H groups in total. The van der Waals surface area contributed by atoms with Gasteiger partial charge in [-0.15, -0.1) is 11.3 Å². The van der Waals surface area contributed by atoms with Gasteiger partial charge in [0.05, 0.1) is 24.4 Å². The van der Waals surface area contributed by atoms with E-state index in [0.29, 0.717) is 5.01 Å². The fourth-order valence-electron chi connectivity index (χ4n) is 3.11. The zero-order valence-corrected chi connectivity index (χ0v) is 15.9. The molecule has 0 saturated heterocycles. The van der Waals surface area contributed by atoms with Crippen molar-refractivity contribution in [3.05, 3.63) is 88.9 Å². The van der Waals surface area contributed by atoms with E-state index in [-0.39, 0.29) is 0 Å². The van der Waals surface area contributed by atoms with Crippen LogP contribution >= 0.6 is 11.3 Å². The molecule has 0 aliphatic heterocycles. The predicted molar refractivity (Wildman–Crippen MR) is 108 cm³/mol. The lowest BCUT2D eigenvalue weighted by Crippen LogP contribution is -2.28. The van der Waals surface area contributed by atoms with Crippen molar-refractivity contribution in [2.45, 2.75) is 5.60 Å². The second kappa shape index (κ2) is 7.02. The van der Waals surface area contributed by atoms with Crippen molar-refractivity contribution in [3.8, 4) is 11.5 Å². The minimum absolute atomic E-state index is 0.624. The van der Waals surface area contributed by atoms with Crippen molar-refractivity contribution in [1.29, 1.82) is 0 Å². The minimum Gasteiger partial charge on any atom is -0.497 e. The first kappa shape index (κ1) is 17.5. The van der Waals surface area contributed by atoms with Gasteiger partial charge < -0.3 is 14.6 Å². The van der Waals surface area contributed by atoms with Gasteiger partial charge in [0.1, 0.15) is 16.5 Å². The van der Waals surface area contributed by atoms with E-state index in [4.69, 9.17) is 14.5 Å². The molecule has 0 aliphatic carbocycles. The van der Waals surface area contributed by atoms with Gasteiger partial charge in [0.25, 0.3) is 0 Å². The van der Waals surface area contributed by atoms with E-state index in [1.165, 1.54) is 11.3 Å². The number of aromatic nitrogens is 1. The van der Waals surface area contributed by atoms with Crippen LogP contribution in [0.2, 0.25) is 0 Å². The van der Waals surface area contributed by atoms with Crippen molar-refractivity contribution in [1.82, 2.24) is 4.98 Å².